The van der Waals surface area contributed by atoms with Crippen molar-refractivity contribution in [2.75, 3.05) is 6.61 Å². The second kappa shape index (κ2) is 7.91. The highest BCUT2D eigenvalue weighted by Crippen LogP contribution is 2.23. The van der Waals surface area contributed by atoms with Crippen molar-refractivity contribution in [3.05, 3.63) is 56.7 Å². The molecule has 0 amide bonds. The predicted molar refractivity (Wildman–Crippen MR) is 95.2 cm³/mol. The summed E-state index contributed by atoms with van der Waals surface area (Å²) in [6.45, 7) is 0.337. The molecular weight excluding hydrogens is 382 g/mol. The molecule has 2 N–H and O–H groups in total. The van der Waals surface area contributed by atoms with E-state index in [0.29, 0.717) is 6.42 Å². The Bertz CT molecular complexity index is 915. The lowest BCUT2D eigenvalue weighted by atomic mass is 10.3. The number of sulfonamides is 1. The first-order valence-electron chi connectivity index (χ1n) is 7.30. The summed E-state index contributed by atoms with van der Waals surface area (Å²) in [5.41, 5.74) is 0.907. The molecule has 0 aromatic carbocycles. The molecule has 0 aliphatic carbocycles. The fourth-order valence-corrected chi connectivity index (χ4v) is 5.11. The molecule has 25 heavy (non-hydrogen) atoms. The van der Waals surface area contributed by atoms with E-state index >= 15 is 0 Å². The van der Waals surface area contributed by atoms with Crippen LogP contribution < -0.4 is 4.72 Å². The maximum Gasteiger partial charge on any atom is 0.349 e. The van der Waals surface area contributed by atoms with Gasteiger partial charge >= 0.3 is 5.97 Å². The van der Waals surface area contributed by atoms with Crippen LogP contribution in [0.1, 0.15) is 20.1 Å². The number of carbonyl (C=O) groups excluding carboxylic acids is 1. The number of rotatable bonds is 8. The Labute approximate surface area is 152 Å². The van der Waals surface area contributed by atoms with Gasteiger partial charge in [0, 0.05) is 24.0 Å². The van der Waals surface area contributed by atoms with Crippen LogP contribution in [0.25, 0.3) is 0 Å². The average molecular weight is 398 g/mol. The molecule has 0 spiro atoms. The topological polar surface area (TPSA) is 101 Å². The number of aromatic amines is 1. The lowest BCUT2D eigenvalue weighted by Crippen LogP contribution is -2.24. The van der Waals surface area contributed by atoms with Gasteiger partial charge < -0.3 is 4.74 Å². The number of nitrogens with zero attached hydrogens (tertiary/aromatic N) is 1. The minimum atomic E-state index is -3.79. The first-order chi connectivity index (χ1) is 12.1. The highest BCUT2D eigenvalue weighted by Gasteiger charge is 2.25. The van der Waals surface area contributed by atoms with Crippen LogP contribution in [-0.4, -0.2) is 31.2 Å². The molecular formula is C15H15N3O4S3. The standard InChI is InChI=1S/C15H15N3O4S3/c19-15(22-5-3-11-8-16-17-9-11)14-13(4-7-24-14)25(20,21)18-10-12-2-1-6-23-12/h1-2,4,6-9,18H,3,5,10H2,(H,16,17). The van der Waals surface area contributed by atoms with Gasteiger partial charge in [0.25, 0.3) is 0 Å². The van der Waals surface area contributed by atoms with E-state index in [0.717, 1.165) is 21.8 Å². The van der Waals surface area contributed by atoms with Crippen LogP contribution in [0, 0.1) is 0 Å². The van der Waals surface area contributed by atoms with Gasteiger partial charge in [0.1, 0.15) is 9.77 Å². The normalized spacial score (nSPS) is 11.5. The van der Waals surface area contributed by atoms with E-state index in [1.165, 1.54) is 17.4 Å². The molecule has 0 unspecified atom stereocenters. The molecule has 7 nitrogen and oxygen atoms in total. The summed E-state index contributed by atoms with van der Waals surface area (Å²) in [5.74, 6) is -0.644. The van der Waals surface area contributed by atoms with E-state index in [-0.39, 0.29) is 22.9 Å². The third-order valence-electron chi connectivity index (χ3n) is 3.30. The molecule has 0 fully saturated rings. The van der Waals surface area contributed by atoms with Crippen molar-refractivity contribution >= 4 is 38.7 Å². The first kappa shape index (κ1) is 17.8. The van der Waals surface area contributed by atoms with Gasteiger partial charge in [-0.1, -0.05) is 6.07 Å². The molecule has 0 aliphatic heterocycles. The summed E-state index contributed by atoms with van der Waals surface area (Å²) < 4.78 is 32.6. The highest BCUT2D eigenvalue weighted by atomic mass is 32.2. The van der Waals surface area contributed by atoms with Gasteiger partial charge in [-0.05, 0) is 28.5 Å². The third-order valence-corrected chi connectivity index (χ3v) is 6.64. The number of aromatic nitrogens is 2. The van der Waals surface area contributed by atoms with Crippen molar-refractivity contribution in [3.8, 4) is 0 Å². The summed E-state index contributed by atoms with van der Waals surface area (Å²) in [5, 5.41) is 9.92. The monoisotopic (exact) mass is 397 g/mol. The lowest BCUT2D eigenvalue weighted by molar-refractivity contribution is 0.0511. The summed E-state index contributed by atoms with van der Waals surface area (Å²) >= 11 is 2.50. The molecule has 0 bridgehead atoms. The molecule has 0 radical (unpaired) electrons. The van der Waals surface area contributed by atoms with Crippen LogP contribution in [0.5, 0.6) is 0 Å². The number of nitrogens with one attached hydrogen (secondary N) is 2. The molecule has 10 heteroatoms. The molecule has 0 atom stereocenters. The number of H-pyrrole nitrogens is 1. The maximum atomic E-state index is 12.5. The molecule has 3 heterocycles. The summed E-state index contributed by atoms with van der Waals surface area (Å²) in [7, 11) is -3.79. The third kappa shape index (κ3) is 4.54. The molecule has 3 aromatic heterocycles. The maximum absolute atomic E-state index is 12.5. The van der Waals surface area contributed by atoms with E-state index < -0.39 is 16.0 Å². The smallest absolute Gasteiger partial charge is 0.349 e. The zero-order valence-electron chi connectivity index (χ0n) is 13.0. The Morgan fingerprint density at radius 2 is 2.16 bits per heavy atom. The molecule has 0 aliphatic rings. The molecule has 3 aromatic rings. The van der Waals surface area contributed by atoms with Crippen LogP contribution in [0.15, 0.2) is 46.2 Å². The summed E-state index contributed by atoms with van der Waals surface area (Å²) in [4.78, 5) is 13.1. The van der Waals surface area contributed by atoms with Gasteiger partial charge in [0.05, 0.1) is 12.8 Å². The lowest BCUT2D eigenvalue weighted by Gasteiger charge is -2.07. The Morgan fingerprint density at radius 1 is 1.28 bits per heavy atom. The highest BCUT2D eigenvalue weighted by molar-refractivity contribution is 7.89. The van der Waals surface area contributed by atoms with Crippen molar-refractivity contribution in [1.82, 2.24) is 14.9 Å². The summed E-state index contributed by atoms with van der Waals surface area (Å²) in [6, 6.07) is 5.10. The van der Waals surface area contributed by atoms with E-state index in [9.17, 15) is 13.2 Å². The van der Waals surface area contributed by atoms with Crippen molar-refractivity contribution in [1.29, 1.82) is 0 Å². The van der Waals surface area contributed by atoms with Crippen molar-refractivity contribution in [3.63, 3.8) is 0 Å². The van der Waals surface area contributed by atoms with Gasteiger partial charge in [0.2, 0.25) is 10.0 Å². The molecule has 132 valence electrons. The van der Waals surface area contributed by atoms with Gasteiger partial charge in [-0.15, -0.1) is 22.7 Å². The Balaban J connectivity index is 1.63. The van der Waals surface area contributed by atoms with Gasteiger partial charge in [-0.2, -0.15) is 5.10 Å². The van der Waals surface area contributed by atoms with Gasteiger partial charge in [-0.25, -0.2) is 17.9 Å². The minimum Gasteiger partial charge on any atom is -0.461 e. The van der Waals surface area contributed by atoms with Gasteiger partial charge in [-0.3, -0.25) is 5.10 Å². The van der Waals surface area contributed by atoms with E-state index in [1.807, 2.05) is 17.5 Å². The van der Waals surface area contributed by atoms with Crippen LogP contribution in [0.3, 0.4) is 0 Å². The second-order valence-electron chi connectivity index (χ2n) is 5.01. The number of thiophene rings is 2. The molecule has 0 saturated carbocycles. The van der Waals surface area contributed by atoms with E-state index in [2.05, 4.69) is 14.9 Å². The minimum absolute atomic E-state index is 0.0534. The molecule has 0 saturated heterocycles. The zero-order valence-corrected chi connectivity index (χ0v) is 15.4. The first-order valence-corrected chi connectivity index (χ1v) is 10.5. The summed E-state index contributed by atoms with van der Waals surface area (Å²) in [6.07, 6.45) is 3.86. The number of carbonyl (C=O) groups is 1. The van der Waals surface area contributed by atoms with E-state index in [4.69, 9.17) is 4.74 Å². The van der Waals surface area contributed by atoms with E-state index in [1.54, 1.807) is 17.8 Å². The SMILES string of the molecule is O=C(OCCc1cn[nH]c1)c1sccc1S(=O)(=O)NCc1cccs1. The average Bonchev–Trinajstić information content (AvgIpc) is 3.33. The molecule has 3 rings (SSSR count). The number of hydrogen-bond acceptors (Lipinski definition) is 7. The second-order valence-corrected chi connectivity index (χ2v) is 8.69. The quantitative estimate of drug-likeness (QED) is 0.569. The number of hydrogen-bond donors (Lipinski definition) is 2. The Morgan fingerprint density at radius 3 is 2.88 bits per heavy atom. The fourth-order valence-electron chi connectivity index (χ4n) is 2.06. The van der Waals surface area contributed by atoms with Crippen LogP contribution in [0.4, 0.5) is 0 Å². The Kier molecular flexibility index (Phi) is 5.63. The fraction of sp³-hybridized carbons (Fsp3) is 0.200. The van der Waals surface area contributed by atoms with Crippen LogP contribution in [0.2, 0.25) is 0 Å². The zero-order chi connectivity index (χ0) is 17.7. The predicted octanol–water partition coefficient (Wildman–Crippen LogP) is 2.41. The Hall–Kier alpha value is -2.01. The number of esters is 1. The van der Waals surface area contributed by atoms with Gasteiger partial charge in [0.15, 0.2) is 0 Å². The van der Waals surface area contributed by atoms with Crippen molar-refractivity contribution in [2.45, 2.75) is 17.9 Å². The number of ether oxygens (including phenoxy) is 1. The van der Waals surface area contributed by atoms with Crippen molar-refractivity contribution < 1.29 is 17.9 Å². The van der Waals surface area contributed by atoms with Crippen LogP contribution >= 0.6 is 22.7 Å². The largest absolute Gasteiger partial charge is 0.461 e. The van der Waals surface area contributed by atoms with Crippen molar-refractivity contribution in [2.24, 2.45) is 0 Å². The van der Waals surface area contributed by atoms with Crippen LogP contribution in [-0.2, 0) is 27.7 Å².